The van der Waals surface area contributed by atoms with Crippen molar-refractivity contribution in [3.05, 3.63) is 0 Å². The maximum absolute atomic E-state index is 11.5. The van der Waals surface area contributed by atoms with Crippen LogP contribution in [0.1, 0.15) is 119 Å². The zero-order valence-corrected chi connectivity index (χ0v) is 21.4. The van der Waals surface area contributed by atoms with Gasteiger partial charge in [0, 0.05) is 6.92 Å². The Morgan fingerprint density at radius 3 is 2.32 bits per heavy atom. The molecule has 4 aliphatic rings. The Kier molecular flexibility index (Phi) is 6.87. The molecule has 0 unspecified atom stereocenters. The summed E-state index contributed by atoms with van der Waals surface area (Å²) in [5.74, 6) is 6.22. The van der Waals surface area contributed by atoms with Crippen LogP contribution in [0.4, 0.5) is 0 Å². The first-order valence-corrected chi connectivity index (χ1v) is 13.8. The topological polar surface area (TPSA) is 26.3 Å². The Labute approximate surface area is 192 Å². The van der Waals surface area contributed by atoms with Gasteiger partial charge in [-0.05, 0) is 110 Å². The summed E-state index contributed by atoms with van der Waals surface area (Å²) >= 11 is 0. The van der Waals surface area contributed by atoms with E-state index in [1.165, 1.54) is 64.2 Å². The molecule has 4 aliphatic carbocycles. The van der Waals surface area contributed by atoms with Crippen LogP contribution in [-0.4, -0.2) is 12.1 Å². The van der Waals surface area contributed by atoms with Crippen LogP contribution in [0.3, 0.4) is 0 Å². The van der Waals surface area contributed by atoms with Crippen molar-refractivity contribution in [1.82, 2.24) is 0 Å². The minimum Gasteiger partial charge on any atom is -0.463 e. The Balaban J connectivity index is 1.43. The molecule has 2 nitrogen and oxygen atoms in total. The summed E-state index contributed by atoms with van der Waals surface area (Å²) in [6.45, 7) is 14.2. The van der Waals surface area contributed by atoms with Crippen LogP contribution in [0.15, 0.2) is 0 Å². The molecule has 0 aromatic heterocycles. The predicted octanol–water partition coefficient (Wildman–Crippen LogP) is 8.04. The molecule has 4 fully saturated rings. The monoisotopic (exact) mass is 430 g/mol. The van der Waals surface area contributed by atoms with Crippen LogP contribution < -0.4 is 0 Å². The van der Waals surface area contributed by atoms with E-state index in [1.807, 2.05) is 0 Å². The van der Waals surface area contributed by atoms with Gasteiger partial charge in [0.05, 0.1) is 0 Å². The lowest BCUT2D eigenvalue weighted by Crippen LogP contribution is -2.54. The third kappa shape index (κ3) is 4.35. The molecule has 2 heteroatoms. The van der Waals surface area contributed by atoms with Crippen LogP contribution in [-0.2, 0) is 9.53 Å². The second-order valence-corrected chi connectivity index (χ2v) is 13.2. The van der Waals surface area contributed by atoms with E-state index >= 15 is 0 Å². The minimum atomic E-state index is -0.0877. The fourth-order valence-corrected chi connectivity index (χ4v) is 9.59. The molecule has 0 saturated heterocycles. The molecule has 178 valence electrons. The van der Waals surface area contributed by atoms with E-state index in [0.29, 0.717) is 10.8 Å². The number of hydrogen-bond donors (Lipinski definition) is 0. The molecule has 0 bridgehead atoms. The van der Waals surface area contributed by atoms with Gasteiger partial charge in [-0.3, -0.25) is 4.79 Å². The van der Waals surface area contributed by atoms with Crippen molar-refractivity contribution >= 4 is 5.97 Å². The number of ether oxygens (including phenoxy) is 1. The third-order valence-corrected chi connectivity index (χ3v) is 11.2. The van der Waals surface area contributed by atoms with E-state index in [-0.39, 0.29) is 12.1 Å². The fourth-order valence-electron chi connectivity index (χ4n) is 9.59. The van der Waals surface area contributed by atoms with Gasteiger partial charge in [0.2, 0.25) is 0 Å². The molecule has 0 N–H and O–H groups in total. The highest BCUT2D eigenvalue weighted by atomic mass is 16.5. The highest BCUT2D eigenvalue weighted by Gasteiger charge is 2.60. The van der Waals surface area contributed by atoms with Crippen molar-refractivity contribution in [1.29, 1.82) is 0 Å². The van der Waals surface area contributed by atoms with Gasteiger partial charge in [0.25, 0.3) is 0 Å². The zero-order valence-electron chi connectivity index (χ0n) is 21.4. The van der Waals surface area contributed by atoms with Crippen LogP contribution >= 0.6 is 0 Å². The van der Waals surface area contributed by atoms with Crippen LogP contribution in [0.5, 0.6) is 0 Å². The number of carbonyl (C=O) groups is 1. The Morgan fingerprint density at radius 2 is 1.61 bits per heavy atom. The van der Waals surface area contributed by atoms with Gasteiger partial charge < -0.3 is 4.74 Å². The maximum atomic E-state index is 11.5. The number of carbonyl (C=O) groups excluding carboxylic acids is 1. The maximum Gasteiger partial charge on any atom is 0.302 e. The highest BCUT2D eigenvalue weighted by Crippen LogP contribution is 2.68. The first kappa shape index (κ1) is 23.6. The van der Waals surface area contributed by atoms with Crippen molar-refractivity contribution in [3.63, 3.8) is 0 Å². The first-order valence-electron chi connectivity index (χ1n) is 13.8. The summed E-state index contributed by atoms with van der Waals surface area (Å²) in [5, 5.41) is 0. The third-order valence-electron chi connectivity index (χ3n) is 11.2. The summed E-state index contributed by atoms with van der Waals surface area (Å²) in [6.07, 6.45) is 16.6. The lowest BCUT2D eigenvalue weighted by molar-refractivity contribution is -0.160. The summed E-state index contributed by atoms with van der Waals surface area (Å²) < 4.78 is 5.65. The molecule has 0 spiro atoms. The SMILES string of the molecule is CC(=O)O[C@H]1CC[C@@]2(C)[C@H](CC[C@@H]3[C@@H]2CC[C@]2(C)[C@@H]([C@H](C)CCCC(C)C)CC[C@@H]32)C1. The molecule has 0 amide bonds. The van der Waals surface area contributed by atoms with Gasteiger partial charge in [-0.1, -0.05) is 53.9 Å². The second kappa shape index (κ2) is 9.02. The van der Waals surface area contributed by atoms with Gasteiger partial charge in [-0.2, -0.15) is 0 Å². The van der Waals surface area contributed by atoms with Crippen molar-refractivity contribution in [3.8, 4) is 0 Å². The standard InChI is InChI=1S/C29H50O2/c1-19(2)8-7-9-20(3)25-12-13-26-24-11-10-22-18-23(31-21(4)30)14-16-28(22,5)27(24)15-17-29(25,26)6/h19-20,22-27H,7-18H2,1-6H3/t20-,22-,23+,24+,25-,26+,27+,28+,29-/m1/s1. The summed E-state index contributed by atoms with van der Waals surface area (Å²) in [5.41, 5.74) is 1.08. The lowest BCUT2D eigenvalue weighted by Gasteiger charge is -2.61. The molecule has 0 heterocycles. The molecule has 31 heavy (non-hydrogen) atoms. The number of fused-ring (bicyclic) bond motifs is 5. The van der Waals surface area contributed by atoms with Gasteiger partial charge >= 0.3 is 5.97 Å². The molecule has 9 atom stereocenters. The Hall–Kier alpha value is -0.530. The molecule has 0 aromatic rings. The zero-order chi connectivity index (χ0) is 22.4. The smallest absolute Gasteiger partial charge is 0.302 e. The van der Waals surface area contributed by atoms with E-state index in [2.05, 4.69) is 34.6 Å². The lowest BCUT2D eigenvalue weighted by atomic mass is 9.44. The summed E-state index contributed by atoms with van der Waals surface area (Å²) in [6, 6.07) is 0. The van der Waals surface area contributed by atoms with Gasteiger partial charge in [-0.15, -0.1) is 0 Å². The van der Waals surface area contributed by atoms with Gasteiger partial charge in [0.15, 0.2) is 0 Å². The molecule has 4 saturated carbocycles. The average Bonchev–Trinajstić information content (AvgIpc) is 3.05. The van der Waals surface area contributed by atoms with E-state index in [4.69, 9.17) is 4.74 Å². The molecule has 0 aliphatic heterocycles. The number of hydrogen-bond acceptors (Lipinski definition) is 2. The molecule has 0 aromatic carbocycles. The average molecular weight is 431 g/mol. The van der Waals surface area contributed by atoms with Crippen molar-refractivity contribution in [2.75, 3.05) is 0 Å². The Bertz CT molecular complexity index is 641. The van der Waals surface area contributed by atoms with Crippen molar-refractivity contribution < 1.29 is 9.53 Å². The molecule has 0 radical (unpaired) electrons. The van der Waals surface area contributed by atoms with Crippen LogP contribution in [0, 0.1) is 52.3 Å². The van der Waals surface area contributed by atoms with Crippen LogP contribution in [0.2, 0.25) is 0 Å². The molecular weight excluding hydrogens is 380 g/mol. The highest BCUT2D eigenvalue weighted by molar-refractivity contribution is 5.66. The summed E-state index contributed by atoms with van der Waals surface area (Å²) in [7, 11) is 0. The quantitative estimate of drug-likeness (QED) is 0.398. The molecular formula is C29H50O2. The van der Waals surface area contributed by atoms with Crippen molar-refractivity contribution in [2.45, 2.75) is 125 Å². The van der Waals surface area contributed by atoms with E-state index in [9.17, 15) is 4.79 Å². The van der Waals surface area contributed by atoms with Gasteiger partial charge in [0.1, 0.15) is 6.10 Å². The van der Waals surface area contributed by atoms with Gasteiger partial charge in [-0.25, -0.2) is 0 Å². The fraction of sp³-hybridized carbons (Fsp3) is 0.966. The number of rotatable bonds is 6. The summed E-state index contributed by atoms with van der Waals surface area (Å²) in [4.78, 5) is 11.5. The van der Waals surface area contributed by atoms with Crippen LogP contribution in [0.25, 0.3) is 0 Å². The van der Waals surface area contributed by atoms with E-state index in [0.717, 1.165) is 54.3 Å². The van der Waals surface area contributed by atoms with E-state index in [1.54, 1.807) is 6.92 Å². The number of esters is 1. The van der Waals surface area contributed by atoms with Crippen molar-refractivity contribution in [2.24, 2.45) is 52.3 Å². The predicted molar refractivity (Wildman–Crippen MR) is 129 cm³/mol. The first-order chi connectivity index (χ1) is 14.6. The largest absolute Gasteiger partial charge is 0.463 e. The second-order valence-electron chi connectivity index (χ2n) is 13.2. The normalized spacial score (nSPS) is 45.5. The van der Waals surface area contributed by atoms with E-state index < -0.39 is 0 Å². The molecule has 4 rings (SSSR count). The Morgan fingerprint density at radius 1 is 0.903 bits per heavy atom. The minimum absolute atomic E-state index is 0.0877.